The van der Waals surface area contributed by atoms with E-state index in [0.29, 0.717) is 12.5 Å². The predicted octanol–water partition coefficient (Wildman–Crippen LogP) is 1.96. The van der Waals surface area contributed by atoms with Crippen LogP contribution in [-0.4, -0.2) is 29.0 Å². The van der Waals surface area contributed by atoms with E-state index >= 15 is 0 Å². The minimum atomic E-state index is -0.227. The number of hydrogen-bond acceptors (Lipinski definition) is 4. The Morgan fingerprint density at radius 3 is 2.47 bits per heavy atom. The van der Waals surface area contributed by atoms with Gasteiger partial charge >= 0.3 is 0 Å². The molecule has 17 heavy (non-hydrogen) atoms. The normalized spacial score (nSPS) is 12.2. The zero-order valence-electron chi connectivity index (χ0n) is 11.7. The molecule has 0 fully saturated rings. The molecular formula is C12H24N4O. The Bertz CT molecular complexity index is 382. The van der Waals surface area contributed by atoms with Crippen molar-refractivity contribution in [3.63, 3.8) is 0 Å². The summed E-state index contributed by atoms with van der Waals surface area (Å²) in [6.45, 7) is 8.90. The fourth-order valence-electron chi connectivity index (χ4n) is 1.57. The minimum Gasteiger partial charge on any atom is -0.394 e. The fourth-order valence-corrected chi connectivity index (χ4v) is 1.57. The molecule has 0 aliphatic heterocycles. The fraction of sp³-hybridized carbons (Fsp3) is 0.750. The first-order valence-corrected chi connectivity index (χ1v) is 5.90. The summed E-state index contributed by atoms with van der Waals surface area (Å²) >= 11 is 0. The predicted molar refractivity (Wildman–Crippen MR) is 71.3 cm³/mol. The summed E-state index contributed by atoms with van der Waals surface area (Å²) in [5, 5.41) is 7.72. The van der Waals surface area contributed by atoms with Crippen LogP contribution in [-0.2, 0) is 11.8 Å². The summed E-state index contributed by atoms with van der Waals surface area (Å²) in [5.74, 6) is 1.19. The van der Waals surface area contributed by atoms with Gasteiger partial charge in [-0.05, 0) is 19.8 Å². The number of methoxy groups -OCH3 is 1. The van der Waals surface area contributed by atoms with E-state index in [0.717, 1.165) is 17.2 Å². The third-order valence-corrected chi connectivity index (χ3v) is 2.89. The molecule has 0 aromatic carbocycles. The van der Waals surface area contributed by atoms with Crippen LogP contribution < -0.4 is 11.1 Å². The van der Waals surface area contributed by atoms with Crippen molar-refractivity contribution in [1.82, 2.24) is 9.78 Å². The summed E-state index contributed by atoms with van der Waals surface area (Å²) in [6, 6.07) is 0. The quantitative estimate of drug-likeness (QED) is 0.825. The number of hydrogen-bond donors (Lipinski definition) is 2. The van der Waals surface area contributed by atoms with Gasteiger partial charge in [0.1, 0.15) is 5.82 Å². The molecule has 1 aromatic heterocycles. The molecule has 98 valence electrons. The number of aryl methyl sites for hydroxylation is 1. The number of nitrogens with one attached hydrogen (secondary N) is 1. The average molecular weight is 240 g/mol. The molecule has 5 heteroatoms. The lowest BCUT2D eigenvalue weighted by atomic mass is 10.1. The van der Waals surface area contributed by atoms with E-state index < -0.39 is 0 Å². The standard InChI is InChI=1S/C12H24N4O/c1-8(2)10-9(13)11(16(5)15-10)14-7-12(3,4)17-6/h8,14H,7,13H2,1-6H3. The maximum atomic E-state index is 6.09. The highest BCUT2D eigenvalue weighted by Crippen LogP contribution is 2.28. The van der Waals surface area contributed by atoms with Crippen LogP contribution in [0.5, 0.6) is 0 Å². The van der Waals surface area contributed by atoms with Gasteiger partial charge in [-0.1, -0.05) is 13.8 Å². The summed E-state index contributed by atoms with van der Waals surface area (Å²) in [5.41, 5.74) is 7.53. The first-order valence-electron chi connectivity index (χ1n) is 5.90. The molecule has 0 saturated heterocycles. The van der Waals surface area contributed by atoms with Gasteiger partial charge in [0, 0.05) is 20.7 Å². The second kappa shape index (κ2) is 4.96. The Balaban J connectivity index is 2.85. The first kappa shape index (κ1) is 13.8. The number of nitrogens with zero attached hydrogens (tertiary/aromatic N) is 2. The molecule has 0 bridgehead atoms. The Morgan fingerprint density at radius 2 is 2.06 bits per heavy atom. The van der Waals surface area contributed by atoms with Gasteiger partial charge < -0.3 is 15.8 Å². The minimum absolute atomic E-state index is 0.227. The van der Waals surface area contributed by atoms with Gasteiger partial charge in [-0.25, -0.2) is 0 Å². The van der Waals surface area contributed by atoms with E-state index in [1.807, 2.05) is 20.9 Å². The second-order valence-electron chi connectivity index (χ2n) is 5.24. The third-order valence-electron chi connectivity index (χ3n) is 2.89. The molecule has 0 saturated carbocycles. The van der Waals surface area contributed by atoms with Crippen molar-refractivity contribution in [2.75, 3.05) is 24.7 Å². The lowest BCUT2D eigenvalue weighted by Crippen LogP contribution is -2.32. The van der Waals surface area contributed by atoms with Crippen molar-refractivity contribution in [2.45, 2.75) is 39.2 Å². The van der Waals surface area contributed by atoms with Crippen LogP contribution in [0, 0.1) is 0 Å². The van der Waals surface area contributed by atoms with Gasteiger partial charge in [-0.2, -0.15) is 5.10 Å². The monoisotopic (exact) mass is 240 g/mol. The molecule has 0 aliphatic carbocycles. The van der Waals surface area contributed by atoms with Crippen LogP contribution in [0.3, 0.4) is 0 Å². The van der Waals surface area contributed by atoms with Crippen molar-refractivity contribution in [3.8, 4) is 0 Å². The van der Waals surface area contributed by atoms with E-state index in [4.69, 9.17) is 10.5 Å². The highest BCUT2D eigenvalue weighted by atomic mass is 16.5. The van der Waals surface area contributed by atoms with Crippen molar-refractivity contribution in [1.29, 1.82) is 0 Å². The Hall–Kier alpha value is -1.23. The van der Waals surface area contributed by atoms with Crippen molar-refractivity contribution >= 4 is 11.5 Å². The molecule has 1 rings (SSSR count). The van der Waals surface area contributed by atoms with Crippen LogP contribution >= 0.6 is 0 Å². The number of aromatic nitrogens is 2. The van der Waals surface area contributed by atoms with Crippen LogP contribution in [0.15, 0.2) is 0 Å². The van der Waals surface area contributed by atoms with Crippen LogP contribution in [0.2, 0.25) is 0 Å². The summed E-state index contributed by atoms with van der Waals surface area (Å²) in [6.07, 6.45) is 0. The summed E-state index contributed by atoms with van der Waals surface area (Å²) in [7, 11) is 3.60. The molecule has 5 nitrogen and oxygen atoms in total. The molecule has 1 heterocycles. The molecule has 0 spiro atoms. The zero-order chi connectivity index (χ0) is 13.2. The molecular weight excluding hydrogens is 216 g/mol. The smallest absolute Gasteiger partial charge is 0.147 e. The molecule has 0 amide bonds. The SMILES string of the molecule is COC(C)(C)CNc1c(N)c(C(C)C)nn1C. The highest BCUT2D eigenvalue weighted by Gasteiger charge is 2.20. The number of anilines is 2. The van der Waals surface area contributed by atoms with E-state index in [2.05, 4.69) is 24.3 Å². The van der Waals surface area contributed by atoms with E-state index in [1.54, 1.807) is 11.8 Å². The lowest BCUT2D eigenvalue weighted by Gasteiger charge is -2.23. The van der Waals surface area contributed by atoms with Crippen molar-refractivity contribution in [2.24, 2.45) is 7.05 Å². The first-order chi connectivity index (χ1) is 7.78. The van der Waals surface area contributed by atoms with Gasteiger partial charge in [-0.15, -0.1) is 0 Å². The number of nitrogens with two attached hydrogens (primary N) is 1. The third kappa shape index (κ3) is 3.12. The van der Waals surface area contributed by atoms with Crippen molar-refractivity contribution in [3.05, 3.63) is 5.69 Å². The van der Waals surface area contributed by atoms with Crippen LogP contribution in [0.1, 0.15) is 39.3 Å². The van der Waals surface area contributed by atoms with E-state index in [1.165, 1.54) is 0 Å². The van der Waals surface area contributed by atoms with Gasteiger partial charge in [0.05, 0.1) is 17.0 Å². The largest absolute Gasteiger partial charge is 0.394 e. The van der Waals surface area contributed by atoms with E-state index in [9.17, 15) is 0 Å². The summed E-state index contributed by atoms with van der Waals surface area (Å²) in [4.78, 5) is 0. The van der Waals surface area contributed by atoms with Gasteiger partial charge in [0.25, 0.3) is 0 Å². The van der Waals surface area contributed by atoms with Gasteiger partial charge in [0.15, 0.2) is 0 Å². The van der Waals surface area contributed by atoms with Crippen LogP contribution in [0.4, 0.5) is 11.5 Å². The topological polar surface area (TPSA) is 65.1 Å². The zero-order valence-corrected chi connectivity index (χ0v) is 11.7. The maximum absolute atomic E-state index is 6.09. The molecule has 0 atom stereocenters. The van der Waals surface area contributed by atoms with Crippen LogP contribution in [0.25, 0.3) is 0 Å². The van der Waals surface area contributed by atoms with Crippen molar-refractivity contribution < 1.29 is 4.74 Å². The van der Waals surface area contributed by atoms with Gasteiger partial charge in [-0.3, -0.25) is 4.68 Å². The number of rotatable bonds is 5. The Kier molecular flexibility index (Phi) is 4.03. The maximum Gasteiger partial charge on any atom is 0.147 e. The summed E-state index contributed by atoms with van der Waals surface area (Å²) < 4.78 is 7.15. The van der Waals surface area contributed by atoms with Gasteiger partial charge in [0.2, 0.25) is 0 Å². The molecule has 0 aliphatic rings. The van der Waals surface area contributed by atoms with E-state index in [-0.39, 0.29) is 5.60 Å². The number of nitrogen functional groups attached to an aromatic ring is 1. The lowest BCUT2D eigenvalue weighted by molar-refractivity contribution is 0.0343. The molecule has 3 N–H and O–H groups in total. The average Bonchev–Trinajstić information content (AvgIpc) is 2.52. The Labute approximate surface area is 103 Å². The number of ether oxygens (including phenoxy) is 1. The highest BCUT2D eigenvalue weighted by molar-refractivity contribution is 5.65. The Morgan fingerprint density at radius 1 is 1.47 bits per heavy atom. The molecule has 0 radical (unpaired) electrons. The second-order valence-corrected chi connectivity index (χ2v) is 5.24. The molecule has 1 aromatic rings. The molecule has 0 unspecified atom stereocenters.